The lowest BCUT2D eigenvalue weighted by Crippen LogP contribution is -2.46. The summed E-state index contributed by atoms with van der Waals surface area (Å²) in [4.78, 5) is 15.2. The minimum atomic E-state index is -3.79. The maximum Gasteiger partial charge on any atom is 0.322 e. The molecule has 2 N–H and O–H groups in total. The van der Waals surface area contributed by atoms with E-state index in [2.05, 4.69) is 10.0 Å². The molecule has 2 amide bonds. The molecule has 0 saturated heterocycles. The summed E-state index contributed by atoms with van der Waals surface area (Å²) in [5.74, 6) is 1.80. The Morgan fingerprint density at radius 1 is 1.00 bits per heavy atom. The fraction of sp³-hybridized carbons (Fsp3) is 0.296. The molecule has 3 aromatic carbocycles. The molecule has 0 aliphatic carbocycles. The first-order valence-corrected chi connectivity index (χ1v) is 13.4. The highest BCUT2D eigenvalue weighted by Gasteiger charge is 2.33. The van der Waals surface area contributed by atoms with E-state index < -0.39 is 16.1 Å². The van der Waals surface area contributed by atoms with Crippen LogP contribution in [0, 0.1) is 0 Å². The molecular weight excluding hydrogens is 494 g/mol. The molecule has 1 aliphatic heterocycles. The molecule has 1 aliphatic rings. The van der Waals surface area contributed by atoms with Crippen LogP contribution in [0.3, 0.4) is 0 Å². The molecule has 37 heavy (non-hydrogen) atoms. The second kappa shape index (κ2) is 11.5. The van der Waals surface area contributed by atoms with Crippen molar-refractivity contribution in [3.8, 4) is 17.2 Å². The second-order valence-electron chi connectivity index (χ2n) is 8.42. The van der Waals surface area contributed by atoms with E-state index in [-0.39, 0.29) is 17.5 Å². The van der Waals surface area contributed by atoms with Gasteiger partial charge in [-0.1, -0.05) is 18.2 Å². The van der Waals surface area contributed by atoms with Crippen LogP contribution in [0.4, 0.5) is 10.5 Å². The van der Waals surface area contributed by atoms with Gasteiger partial charge in [-0.15, -0.1) is 0 Å². The number of carbonyl (C=O) groups excluding carboxylic acids is 1. The maximum atomic E-state index is 13.4. The van der Waals surface area contributed by atoms with E-state index in [9.17, 15) is 13.2 Å². The van der Waals surface area contributed by atoms with Gasteiger partial charge in [0.15, 0.2) is 11.5 Å². The number of sulfonamides is 1. The van der Waals surface area contributed by atoms with E-state index in [1.807, 2.05) is 19.1 Å². The van der Waals surface area contributed by atoms with Gasteiger partial charge in [0.1, 0.15) is 5.75 Å². The van der Waals surface area contributed by atoms with Crippen LogP contribution in [0.1, 0.15) is 24.1 Å². The molecule has 0 fully saturated rings. The standard InChI is InChI=1S/C27H31N3O6S/c1-4-36-21-12-10-20(11-13-21)29-27(31)30-15-14-19-16-25(34-2)26(35-3)17-23(19)24(30)18-28-37(32,33)22-8-6-5-7-9-22/h5-13,16-17,24,28H,4,14-15,18H2,1-3H3,(H,29,31)/t24-/m0/s1. The molecule has 9 nitrogen and oxygen atoms in total. The number of amides is 2. The Kier molecular flexibility index (Phi) is 8.20. The number of rotatable bonds is 9. The Hall–Kier alpha value is -3.76. The van der Waals surface area contributed by atoms with Crippen molar-refractivity contribution in [2.75, 3.05) is 39.2 Å². The number of benzene rings is 3. The summed E-state index contributed by atoms with van der Waals surface area (Å²) in [6.45, 7) is 2.83. The zero-order chi connectivity index (χ0) is 26.4. The van der Waals surface area contributed by atoms with Gasteiger partial charge in [-0.3, -0.25) is 0 Å². The van der Waals surface area contributed by atoms with E-state index in [4.69, 9.17) is 14.2 Å². The molecule has 0 aromatic heterocycles. The van der Waals surface area contributed by atoms with Crippen molar-refractivity contribution in [3.63, 3.8) is 0 Å². The third-order valence-electron chi connectivity index (χ3n) is 6.20. The minimum Gasteiger partial charge on any atom is -0.494 e. The molecule has 0 bridgehead atoms. The molecule has 0 radical (unpaired) electrons. The lowest BCUT2D eigenvalue weighted by molar-refractivity contribution is 0.183. The number of anilines is 1. The van der Waals surface area contributed by atoms with Crippen LogP contribution in [0.15, 0.2) is 71.6 Å². The van der Waals surface area contributed by atoms with E-state index in [1.54, 1.807) is 54.5 Å². The summed E-state index contributed by atoms with van der Waals surface area (Å²) < 4.78 is 45.0. The number of nitrogens with one attached hydrogen (secondary N) is 2. The minimum absolute atomic E-state index is 0.0175. The van der Waals surface area contributed by atoms with E-state index >= 15 is 0 Å². The predicted octanol–water partition coefficient (Wildman–Crippen LogP) is 4.21. The van der Waals surface area contributed by atoms with Gasteiger partial charge in [0.2, 0.25) is 10.0 Å². The maximum absolute atomic E-state index is 13.4. The molecule has 4 rings (SSSR count). The zero-order valence-electron chi connectivity index (χ0n) is 21.1. The Morgan fingerprint density at radius 3 is 2.32 bits per heavy atom. The highest BCUT2D eigenvalue weighted by Crippen LogP contribution is 2.38. The van der Waals surface area contributed by atoms with E-state index in [1.165, 1.54) is 19.2 Å². The number of methoxy groups -OCH3 is 2. The lowest BCUT2D eigenvalue weighted by atomic mass is 9.92. The van der Waals surface area contributed by atoms with Crippen LogP contribution in [0.2, 0.25) is 0 Å². The quantitative estimate of drug-likeness (QED) is 0.434. The Bertz CT molecular complexity index is 1330. The number of urea groups is 1. The van der Waals surface area contributed by atoms with Crippen LogP contribution in [-0.2, 0) is 16.4 Å². The van der Waals surface area contributed by atoms with Crippen LogP contribution < -0.4 is 24.2 Å². The van der Waals surface area contributed by atoms with Gasteiger partial charge < -0.3 is 24.4 Å². The van der Waals surface area contributed by atoms with Crippen molar-refractivity contribution in [1.29, 1.82) is 0 Å². The van der Waals surface area contributed by atoms with Gasteiger partial charge in [-0.05, 0) is 73.0 Å². The number of ether oxygens (including phenoxy) is 3. The van der Waals surface area contributed by atoms with Crippen molar-refractivity contribution in [2.24, 2.45) is 0 Å². The molecule has 0 saturated carbocycles. The van der Waals surface area contributed by atoms with Crippen LogP contribution in [0.25, 0.3) is 0 Å². The Balaban J connectivity index is 1.63. The molecule has 1 atom stereocenters. The Morgan fingerprint density at radius 2 is 1.68 bits per heavy atom. The van der Waals surface area contributed by atoms with Crippen LogP contribution >= 0.6 is 0 Å². The number of nitrogens with zero attached hydrogens (tertiary/aromatic N) is 1. The summed E-state index contributed by atoms with van der Waals surface area (Å²) in [6, 6.07) is 18.0. The average Bonchev–Trinajstić information content (AvgIpc) is 2.92. The molecule has 3 aromatic rings. The van der Waals surface area contributed by atoms with Crippen molar-refractivity contribution in [3.05, 3.63) is 77.9 Å². The molecule has 10 heteroatoms. The lowest BCUT2D eigenvalue weighted by Gasteiger charge is -2.37. The van der Waals surface area contributed by atoms with Gasteiger partial charge in [-0.25, -0.2) is 17.9 Å². The smallest absolute Gasteiger partial charge is 0.322 e. The average molecular weight is 526 g/mol. The summed E-state index contributed by atoms with van der Waals surface area (Å²) in [7, 11) is -0.684. The van der Waals surface area contributed by atoms with Crippen LogP contribution in [0.5, 0.6) is 17.2 Å². The summed E-state index contributed by atoms with van der Waals surface area (Å²) in [6.07, 6.45) is 0.578. The normalized spacial score (nSPS) is 15.0. The van der Waals surface area contributed by atoms with Crippen molar-refractivity contribution in [2.45, 2.75) is 24.3 Å². The fourth-order valence-electron chi connectivity index (χ4n) is 4.36. The second-order valence-corrected chi connectivity index (χ2v) is 10.2. The highest BCUT2D eigenvalue weighted by atomic mass is 32.2. The van der Waals surface area contributed by atoms with Gasteiger partial charge in [0.25, 0.3) is 0 Å². The van der Waals surface area contributed by atoms with E-state index in [0.717, 1.165) is 11.1 Å². The summed E-state index contributed by atoms with van der Waals surface area (Å²) in [5, 5.41) is 2.92. The number of carbonyl (C=O) groups is 1. The van der Waals surface area contributed by atoms with Gasteiger partial charge in [0.05, 0.1) is 31.8 Å². The van der Waals surface area contributed by atoms with Gasteiger partial charge in [-0.2, -0.15) is 0 Å². The topological polar surface area (TPSA) is 106 Å². The number of hydrogen-bond acceptors (Lipinski definition) is 6. The highest BCUT2D eigenvalue weighted by molar-refractivity contribution is 7.89. The predicted molar refractivity (Wildman–Crippen MR) is 141 cm³/mol. The fourth-order valence-corrected chi connectivity index (χ4v) is 5.42. The first-order valence-electron chi connectivity index (χ1n) is 12.0. The van der Waals surface area contributed by atoms with Crippen molar-refractivity contribution in [1.82, 2.24) is 9.62 Å². The summed E-state index contributed by atoms with van der Waals surface area (Å²) in [5.41, 5.74) is 2.36. The molecule has 1 heterocycles. The largest absolute Gasteiger partial charge is 0.494 e. The van der Waals surface area contributed by atoms with Crippen molar-refractivity contribution < 1.29 is 27.4 Å². The van der Waals surface area contributed by atoms with E-state index in [0.29, 0.717) is 42.5 Å². The summed E-state index contributed by atoms with van der Waals surface area (Å²) >= 11 is 0. The van der Waals surface area contributed by atoms with Gasteiger partial charge in [0, 0.05) is 18.8 Å². The van der Waals surface area contributed by atoms with Crippen molar-refractivity contribution >= 4 is 21.7 Å². The first kappa shape index (κ1) is 26.3. The number of hydrogen-bond donors (Lipinski definition) is 2. The number of fused-ring (bicyclic) bond motifs is 1. The molecule has 0 spiro atoms. The SMILES string of the molecule is CCOc1ccc(NC(=O)N2CCc3cc(OC)c(OC)cc3[C@@H]2CNS(=O)(=O)c2ccccc2)cc1. The first-order chi connectivity index (χ1) is 17.9. The zero-order valence-corrected chi connectivity index (χ0v) is 21.9. The van der Waals surface area contributed by atoms with Gasteiger partial charge >= 0.3 is 6.03 Å². The Labute approximate surface area is 217 Å². The van der Waals surface area contributed by atoms with Crippen LogP contribution in [-0.4, -0.2) is 53.3 Å². The third kappa shape index (κ3) is 5.98. The molecule has 0 unspecified atom stereocenters. The monoisotopic (exact) mass is 525 g/mol. The molecular formula is C27H31N3O6S. The molecule has 196 valence electrons. The third-order valence-corrected chi connectivity index (χ3v) is 7.64.